The van der Waals surface area contributed by atoms with Crippen molar-refractivity contribution in [2.45, 2.75) is 24.0 Å². The Balaban J connectivity index is 1.31. The summed E-state index contributed by atoms with van der Waals surface area (Å²) in [4.78, 5) is 54.9. The van der Waals surface area contributed by atoms with Crippen LogP contribution in [-0.4, -0.2) is 33.7 Å². The highest BCUT2D eigenvalue weighted by molar-refractivity contribution is 8.00. The molecule has 8 nitrogen and oxygen atoms in total. The summed E-state index contributed by atoms with van der Waals surface area (Å²) in [6.07, 6.45) is 3.43. The lowest BCUT2D eigenvalue weighted by Gasteiger charge is -2.14. The molecule has 1 heterocycles. The van der Waals surface area contributed by atoms with Gasteiger partial charge in [0.15, 0.2) is 5.78 Å². The van der Waals surface area contributed by atoms with Crippen LogP contribution in [0.3, 0.4) is 0 Å². The smallest absolute Gasteiger partial charge is 0.272 e. The second-order valence-electron chi connectivity index (χ2n) is 10.0. The quantitative estimate of drug-likeness (QED) is 0.0788. The summed E-state index contributed by atoms with van der Waals surface area (Å²) in [6.45, 7) is 3.28. The number of benzene rings is 4. The van der Waals surface area contributed by atoms with E-state index in [-0.39, 0.29) is 17.4 Å². The number of aromatic nitrogens is 1. The summed E-state index contributed by atoms with van der Waals surface area (Å²) in [5.41, 5.74) is 3.83. The highest BCUT2D eigenvalue weighted by atomic mass is 32.2. The first-order chi connectivity index (χ1) is 21.3. The number of thioether (sulfide) groups is 1. The van der Waals surface area contributed by atoms with Crippen LogP contribution < -0.4 is 16.0 Å². The van der Waals surface area contributed by atoms with Crippen LogP contribution in [-0.2, 0) is 9.59 Å². The molecule has 0 aliphatic heterocycles. The average Bonchev–Trinajstić information content (AvgIpc) is 3.44. The summed E-state index contributed by atoms with van der Waals surface area (Å²) in [7, 11) is 0. The molecule has 9 heteroatoms. The number of Topliss-reactive ketones (excluding diaryl/α,β-unsaturated/α-hetero) is 1. The largest absolute Gasteiger partial charge is 0.361 e. The van der Waals surface area contributed by atoms with Gasteiger partial charge in [0.1, 0.15) is 5.70 Å². The second kappa shape index (κ2) is 13.7. The molecule has 0 bridgehead atoms. The third-order valence-corrected chi connectivity index (χ3v) is 7.88. The Morgan fingerprint density at radius 3 is 2.25 bits per heavy atom. The number of hydrogen-bond donors (Lipinski definition) is 4. The molecule has 0 radical (unpaired) electrons. The number of carbonyl (C=O) groups is 4. The van der Waals surface area contributed by atoms with Gasteiger partial charge in [-0.1, -0.05) is 42.5 Å². The number of nitrogens with one attached hydrogen (secondary N) is 4. The van der Waals surface area contributed by atoms with E-state index in [9.17, 15) is 19.2 Å². The van der Waals surface area contributed by atoms with Gasteiger partial charge in [0, 0.05) is 50.1 Å². The van der Waals surface area contributed by atoms with Crippen LogP contribution in [0.15, 0.2) is 120 Å². The molecule has 0 aliphatic carbocycles. The van der Waals surface area contributed by atoms with Gasteiger partial charge < -0.3 is 20.9 Å². The molecule has 1 atom stereocenters. The minimum absolute atomic E-state index is 0.0436. The predicted octanol–water partition coefficient (Wildman–Crippen LogP) is 6.90. The standard InChI is InChI=1S/C35H30N4O4S/c1-22(40)24-15-17-27(18-16-24)37-33(41)23(2)44-29-12-8-11-28(20-29)38-35(43)32(39-34(42)25-9-4-3-5-10-25)19-26-21-36-31-14-7-6-13-30(26)31/h3-21,23,36H,1-2H3,(H,37,41)(H,38,43)(H,39,42)/b32-19-. The van der Waals surface area contributed by atoms with Gasteiger partial charge in [-0.25, -0.2) is 0 Å². The number of aromatic amines is 1. The predicted molar refractivity (Wildman–Crippen MR) is 176 cm³/mol. The van der Waals surface area contributed by atoms with E-state index in [2.05, 4.69) is 20.9 Å². The Kier molecular flexibility index (Phi) is 9.37. The van der Waals surface area contributed by atoms with Crippen LogP contribution in [0.2, 0.25) is 0 Å². The molecule has 3 amide bonds. The van der Waals surface area contributed by atoms with E-state index < -0.39 is 17.1 Å². The summed E-state index contributed by atoms with van der Waals surface area (Å²) >= 11 is 1.34. The zero-order valence-corrected chi connectivity index (χ0v) is 24.9. The monoisotopic (exact) mass is 602 g/mol. The zero-order chi connectivity index (χ0) is 31.1. The molecular formula is C35H30N4O4S. The topological polar surface area (TPSA) is 120 Å². The Morgan fingerprint density at radius 1 is 0.773 bits per heavy atom. The van der Waals surface area contributed by atoms with Gasteiger partial charge in [0.05, 0.1) is 5.25 Å². The van der Waals surface area contributed by atoms with Crippen molar-refractivity contribution in [2.75, 3.05) is 10.6 Å². The lowest BCUT2D eigenvalue weighted by molar-refractivity contribution is -0.115. The van der Waals surface area contributed by atoms with Crippen molar-refractivity contribution in [3.8, 4) is 0 Å². The molecule has 0 saturated heterocycles. The van der Waals surface area contributed by atoms with Crippen LogP contribution in [0.4, 0.5) is 11.4 Å². The third-order valence-electron chi connectivity index (χ3n) is 6.78. The minimum atomic E-state index is -0.499. The maximum Gasteiger partial charge on any atom is 0.272 e. The molecule has 0 aliphatic rings. The molecule has 4 aromatic carbocycles. The minimum Gasteiger partial charge on any atom is -0.361 e. The molecule has 220 valence electrons. The van der Waals surface area contributed by atoms with Crippen LogP contribution >= 0.6 is 11.8 Å². The number of fused-ring (bicyclic) bond motifs is 1. The normalized spacial score (nSPS) is 11.9. The summed E-state index contributed by atoms with van der Waals surface area (Å²) in [5.74, 6) is -1.15. The van der Waals surface area contributed by atoms with Crippen LogP contribution in [0, 0.1) is 0 Å². The average molecular weight is 603 g/mol. The summed E-state index contributed by atoms with van der Waals surface area (Å²) in [6, 6.07) is 30.3. The van der Waals surface area contributed by atoms with Gasteiger partial charge >= 0.3 is 0 Å². The fourth-order valence-corrected chi connectivity index (χ4v) is 5.37. The van der Waals surface area contributed by atoms with Crippen molar-refractivity contribution < 1.29 is 19.2 Å². The second-order valence-corrected chi connectivity index (χ2v) is 11.4. The summed E-state index contributed by atoms with van der Waals surface area (Å²) < 4.78 is 0. The Labute approximate surface area is 259 Å². The molecular weight excluding hydrogens is 572 g/mol. The summed E-state index contributed by atoms with van der Waals surface area (Å²) in [5, 5.41) is 8.98. The molecule has 1 unspecified atom stereocenters. The number of H-pyrrole nitrogens is 1. The molecule has 44 heavy (non-hydrogen) atoms. The maximum atomic E-state index is 13.6. The van der Waals surface area contributed by atoms with Crippen molar-refractivity contribution in [3.63, 3.8) is 0 Å². The van der Waals surface area contributed by atoms with Crippen molar-refractivity contribution in [1.29, 1.82) is 0 Å². The van der Waals surface area contributed by atoms with E-state index in [1.807, 2.05) is 36.4 Å². The maximum absolute atomic E-state index is 13.6. The fraction of sp³-hybridized carbons (Fsp3) is 0.0857. The van der Waals surface area contributed by atoms with Gasteiger partial charge in [-0.15, -0.1) is 11.8 Å². The van der Waals surface area contributed by atoms with Crippen LogP contribution in [0.25, 0.3) is 17.0 Å². The lowest BCUT2D eigenvalue weighted by atomic mass is 10.1. The highest BCUT2D eigenvalue weighted by Gasteiger charge is 2.18. The Hall–Kier alpha value is -5.41. The Morgan fingerprint density at radius 2 is 1.50 bits per heavy atom. The number of para-hydroxylation sites is 1. The van der Waals surface area contributed by atoms with E-state index in [4.69, 9.17) is 0 Å². The van der Waals surface area contributed by atoms with E-state index in [0.717, 1.165) is 21.4 Å². The van der Waals surface area contributed by atoms with E-state index in [0.29, 0.717) is 22.5 Å². The Bertz CT molecular complexity index is 1860. The number of anilines is 2. The van der Waals surface area contributed by atoms with Crippen LogP contribution in [0.1, 0.15) is 40.1 Å². The van der Waals surface area contributed by atoms with E-state index in [1.165, 1.54) is 18.7 Å². The SMILES string of the molecule is CC(=O)c1ccc(NC(=O)C(C)Sc2cccc(NC(=O)/C(=C/c3c[nH]c4ccccc34)NC(=O)c3ccccc3)c2)cc1. The van der Waals surface area contributed by atoms with Gasteiger partial charge in [-0.05, 0) is 80.6 Å². The first kappa shape index (κ1) is 30.1. The first-order valence-corrected chi connectivity index (χ1v) is 14.8. The highest BCUT2D eigenvalue weighted by Crippen LogP contribution is 2.27. The van der Waals surface area contributed by atoms with E-state index >= 15 is 0 Å². The molecule has 0 fully saturated rings. The molecule has 0 saturated carbocycles. The zero-order valence-electron chi connectivity index (χ0n) is 24.1. The molecule has 5 rings (SSSR count). The molecule has 0 spiro atoms. The number of carbonyl (C=O) groups excluding carboxylic acids is 4. The number of amides is 3. The number of ketones is 1. The first-order valence-electron chi connectivity index (χ1n) is 13.9. The van der Waals surface area contributed by atoms with Crippen LogP contribution in [0.5, 0.6) is 0 Å². The van der Waals surface area contributed by atoms with Gasteiger partial charge in [-0.3, -0.25) is 19.2 Å². The van der Waals surface area contributed by atoms with Gasteiger partial charge in [-0.2, -0.15) is 0 Å². The van der Waals surface area contributed by atoms with Crippen molar-refractivity contribution in [2.24, 2.45) is 0 Å². The molecule has 5 aromatic rings. The number of hydrogen-bond acceptors (Lipinski definition) is 5. The van der Waals surface area contributed by atoms with Crippen molar-refractivity contribution in [3.05, 3.63) is 132 Å². The van der Waals surface area contributed by atoms with Crippen molar-refractivity contribution in [1.82, 2.24) is 10.3 Å². The van der Waals surface area contributed by atoms with E-state index in [1.54, 1.807) is 85.9 Å². The lowest BCUT2D eigenvalue weighted by Crippen LogP contribution is -2.30. The molecule has 4 N–H and O–H groups in total. The third kappa shape index (κ3) is 7.50. The van der Waals surface area contributed by atoms with Crippen molar-refractivity contribution >= 4 is 63.6 Å². The number of rotatable bonds is 10. The fourth-order valence-electron chi connectivity index (χ4n) is 4.45. The van der Waals surface area contributed by atoms with Gasteiger partial charge in [0.25, 0.3) is 11.8 Å². The van der Waals surface area contributed by atoms with Gasteiger partial charge in [0.2, 0.25) is 5.91 Å². The molecule has 1 aromatic heterocycles.